The maximum absolute atomic E-state index is 13.0. The monoisotopic (exact) mass is 321 g/mol. The Morgan fingerprint density at radius 2 is 2.10 bits per heavy atom. The van der Waals surface area contributed by atoms with E-state index >= 15 is 0 Å². The standard InChI is InChI=1S/C13H11ClF3NOS/c1-8-7-20-12(18-8)6-19-11-3-2-9(5-14)4-10(11)13(15,16)17/h2-4,7H,5-6H2,1H3. The smallest absolute Gasteiger partial charge is 0.419 e. The zero-order valence-corrected chi connectivity index (χ0v) is 12.1. The fourth-order valence-corrected chi connectivity index (χ4v) is 2.47. The molecule has 0 spiro atoms. The van der Waals surface area contributed by atoms with E-state index in [4.69, 9.17) is 16.3 Å². The highest BCUT2D eigenvalue weighted by molar-refractivity contribution is 7.09. The van der Waals surface area contributed by atoms with Crippen LogP contribution in [-0.4, -0.2) is 4.98 Å². The Hall–Kier alpha value is -1.27. The van der Waals surface area contributed by atoms with Gasteiger partial charge >= 0.3 is 6.18 Å². The number of ether oxygens (including phenoxy) is 1. The van der Waals surface area contributed by atoms with Gasteiger partial charge in [0, 0.05) is 17.0 Å². The third-order valence-corrected chi connectivity index (χ3v) is 3.77. The molecule has 7 heteroatoms. The molecule has 0 amide bonds. The van der Waals surface area contributed by atoms with Crippen molar-refractivity contribution in [1.82, 2.24) is 4.98 Å². The average molecular weight is 322 g/mol. The number of hydrogen-bond donors (Lipinski definition) is 0. The van der Waals surface area contributed by atoms with Crippen molar-refractivity contribution in [2.75, 3.05) is 0 Å². The number of alkyl halides is 4. The van der Waals surface area contributed by atoms with Crippen LogP contribution in [0.1, 0.15) is 21.8 Å². The molecule has 0 saturated heterocycles. The van der Waals surface area contributed by atoms with Crippen molar-refractivity contribution < 1.29 is 17.9 Å². The van der Waals surface area contributed by atoms with Crippen LogP contribution >= 0.6 is 22.9 Å². The number of halogens is 4. The van der Waals surface area contributed by atoms with Crippen LogP contribution < -0.4 is 4.74 Å². The summed E-state index contributed by atoms with van der Waals surface area (Å²) in [6.45, 7) is 1.83. The van der Waals surface area contributed by atoms with Crippen molar-refractivity contribution >= 4 is 22.9 Å². The molecular weight excluding hydrogens is 311 g/mol. The molecule has 0 radical (unpaired) electrons. The Balaban J connectivity index is 2.22. The second kappa shape index (κ2) is 6.01. The summed E-state index contributed by atoms with van der Waals surface area (Å²) in [5.41, 5.74) is 0.405. The summed E-state index contributed by atoms with van der Waals surface area (Å²) >= 11 is 6.91. The molecule has 0 N–H and O–H groups in total. The number of nitrogens with zero attached hydrogens (tertiary/aromatic N) is 1. The van der Waals surface area contributed by atoms with E-state index in [9.17, 15) is 13.2 Å². The lowest BCUT2D eigenvalue weighted by Gasteiger charge is -2.14. The Morgan fingerprint density at radius 3 is 2.65 bits per heavy atom. The van der Waals surface area contributed by atoms with Gasteiger partial charge in [-0.15, -0.1) is 22.9 Å². The molecular formula is C13H11ClF3NOS. The Morgan fingerprint density at radius 1 is 1.35 bits per heavy atom. The molecule has 2 nitrogen and oxygen atoms in total. The summed E-state index contributed by atoms with van der Waals surface area (Å²) < 4.78 is 44.1. The first-order valence-electron chi connectivity index (χ1n) is 5.70. The molecule has 0 unspecified atom stereocenters. The molecule has 2 aromatic rings. The lowest BCUT2D eigenvalue weighted by Crippen LogP contribution is -2.09. The van der Waals surface area contributed by atoms with Crippen LogP contribution in [0.4, 0.5) is 13.2 Å². The van der Waals surface area contributed by atoms with Gasteiger partial charge in [-0.2, -0.15) is 13.2 Å². The fourth-order valence-electron chi connectivity index (χ4n) is 1.62. The van der Waals surface area contributed by atoms with Crippen LogP contribution in [0.2, 0.25) is 0 Å². The number of aryl methyl sites for hydroxylation is 1. The molecule has 0 saturated carbocycles. The second-order valence-corrected chi connectivity index (χ2v) is 5.34. The fraction of sp³-hybridized carbons (Fsp3) is 0.308. The van der Waals surface area contributed by atoms with Crippen molar-refractivity contribution in [3.8, 4) is 5.75 Å². The molecule has 1 aromatic carbocycles. The average Bonchev–Trinajstić information content (AvgIpc) is 2.81. The largest absolute Gasteiger partial charge is 0.486 e. The summed E-state index contributed by atoms with van der Waals surface area (Å²) in [5, 5.41) is 2.46. The minimum atomic E-state index is -4.48. The zero-order chi connectivity index (χ0) is 14.8. The highest BCUT2D eigenvalue weighted by atomic mass is 35.5. The van der Waals surface area contributed by atoms with Gasteiger partial charge < -0.3 is 4.74 Å². The third kappa shape index (κ3) is 3.64. The molecule has 0 atom stereocenters. The van der Waals surface area contributed by atoms with E-state index in [1.165, 1.54) is 23.5 Å². The normalized spacial score (nSPS) is 11.7. The van der Waals surface area contributed by atoms with Crippen molar-refractivity contribution in [1.29, 1.82) is 0 Å². The van der Waals surface area contributed by atoms with Gasteiger partial charge in [0.1, 0.15) is 17.4 Å². The van der Waals surface area contributed by atoms with Gasteiger partial charge in [-0.3, -0.25) is 0 Å². The quantitative estimate of drug-likeness (QED) is 0.755. The van der Waals surface area contributed by atoms with Crippen LogP contribution in [0.15, 0.2) is 23.6 Å². The second-order valence-electron chi connectivity index (χ2n) is 4.13. The highest BCUT2D eigenvalue weighted by Gasteiger charge is 2.34. The van der Waals surface area contributed by atoms with E-state index < -0.39 is 11.7 Å². The molecule has 1 aromatic heterocycles. The molecule has 0 fully saturated rings. The third-order valence-electron chi connectivity index (χ3n) is 2.52. The lowest BCUT2D eigenvalue weighted by atomic mass is 10.1. The van der Waals surface area contributed by atoms with Gasteiger partial charge in [0.15, 0.2) is 0 Å². The van der Waals surface area contributed by atoms with E-state index in [2.05, 4.69) is 4.98 Å². The summed E-state index contributed by atoms with van der Waals surface area (Å²) in [4.78, 5) is 4.14. The van der Waals surface area contributed by atoms with E-state index in [1.807, 2.05) is 12.3 Å². The number of hydrogen-bond acceptors (Lipinski definition) is 3. The first-order valence-corrected chi connectivity index (χ1v) is 7.11. The number of benzene rings is 1. The van der Waals surface area contributed by atoms with Gasteiger partial charge in [-0.05, 0) is 24.6 Å². The van der Waals surface area contributed by atoms with E-state index in [-0.39, 0.29) is 18.2 Å². The Kier molecular flexibility index (Phi) is 4.55. The summed E-state index contributed by atoms with van der Waals surface area (Å²) in [6, 6.07) is 3.82. The SMILES string of the molecule is Cc1csc(COc2ccc(CCl)cc2C(F)(F)F)n1. The van der Waals surface area contributed by atoms with Gasteiger partial charge in [-0.25, -0.2) is 4.98 Å². The van der Waals surface area contributed by atoms with E-state index in [0.717, 1.165) is 11.8 Å². The summed E-state index contributed by atoms with van der Waals surface area (Å²) in [5.74, 6) is -0.186. The van der Waals surface area contributed by atoms with E-state index in [0.29, 0.717) is 10.6 Å². The van der Waals surface area contributed by atoms with Crippen LogP contribution in [-0.2, 0) is 18.7 Å². The maximum Gasteiger partial charge on any atom is 0.419 e. The number of aromatic nitrogens is 1. The highest BCUT2D eigenvalue weighted by Crippen LogP contribution is 2.37. The van der Waals surface area contributed by atoms with Gasteiger partial charge in [0.25, 0.3) is 0 Å². The predicted molar refractivity (Wildman–Crippen MR) is 72.2 cm³/mol. The van der Waals surface area contributed by atoms with Crippen molar-refractivity contribution in [2.24, 2.45) is 0 Å². The minimum absolute atomic E-state index is 0.0157. The van der Waals surface area contributed by atoms with Gasteiger partial charge in [0.05, 0.1) is 5.56 Å². The van der Waals surface area contributed by atoms with Crippen molar-refractivity contribution in [3.05, 3.63) is 45.4 Å². The summed E-state index contributed by atoms with van der Waals surface area (Å²) in [6.07, 6.45) is -4.48. The molecule has 20 heavy (non-hydrogen) atoms. The minimum Gasteiger partial charge on any atom is -0.486 e. The Labute approximate surface area is 123 Å². The van der Waals surface area contributed by atoms with Gasteiger partial charge in [-0.1, -0.05) is 6.07 Å². The van der Waals surface area contributed by atoms with Crippen LogP contribution in [0.3, 0.4) is 0 Å². The predicted octanol–water partition coefficient (Wildman–Crippen LogP) is 4.79. The number of rotatable bonds is 4. The topological polar surface area (TPSA) is 22.1 Å². The number of thiazole rings is 1. The van der Waals surface area contributed by atoms with E-state index in [1.54, 1.807) is 0 Å². The Bertz CT molecular complexity index is 598. The first-order chi connectivity index (χ1) is 9.40. The molecule has 0 bridgehead atoms. The van der Waals surface area contributed by atoms with Gasteiger partial charge in [0.2, 0.25) is 0 Å². The van der Waals surface area contributed by atoms with Crippen LogP contribution in [0.25, 0.3) is 0 Å². The van der Waals surface area contributed by atoms with Crippen LogP contribution in [0, 0.1) is 6.92 Å². The molecule has 0 aliphatic rings. The first kappa shape index (κ1) is 15.1. The molecule has 0 aliphatic heterocycles. The molecule has 1 heterocycles. The van der Waals surface area contributed by atoms with Crippen LogP contribution in [0.5, 0.6) is 5.75 Å². The zero-order valence-electron chi connectivity index (χ0n) is 10.5. The van der Waals surface area contributed by atoms with Crippen molar-refractivity contribution in [3.63, 3.8) is 0 Å². The summed E-state index contributed by atoms with van der Waals surface area (Å²) in [7, 11) is 0. The molecule has 108 valence electrons. The molecule has 0 aliphatic carbocycles. The molecule has 2 rings (SSSR count). The lowest BCUT2D eigenvalue weighted by molar-refractivity contribution is -0.139. The van der Waals surface area contributed by atoms with Crippen molar-refractivity contribution in [2.45, 2.75) is 25.6 Å². The maximum atomic E-state index is 13.0.